The van der Waals surface area contributed by atoms with Gasteiger partial charge in [-0.3, -0.25) is 4.90 Å². The summed E-state index contributed by atoms with van der Waals surface area (Å²) in [5, 5.41) is 0. The first-order valence-corrected chi connectivity index (χ1v) is 22.5. The molecule has 2 heterocycles. The fourth-order valence-electron chi connectivity index (χ4n) is 7.53. The molecule has 1 aliphatic heterocycles. The molecule has 0 spiro atoms. The molecule has 58 heavy (non-hydrogen) atoms. The van der Waals surface area contributed by atoms with Gasteiger partial charge in [0.05, 0.1) is 41.2 Å². The van der Waals surface area contributed by atoms with E-state index in [1.54, 1.807) is 40.5 Å². The van der Waals surface area contributed by atoms with Crippen LogP contribution in [0.1, 0.15) is 119 Å². The van der Waals surface area contributed by atoms with E-state index in [4.69, 9.17) is 18.9 Å². The molecule has 1 amide bonds. The number of esters is 1. The first-order valence-electron chi connectivity index (χ1n) is 20.3. The Kier molecular flexibility index (Phi) is 13.8. The average Bonchev–Trinajstić information content (AvgIpc) is 3.60. The van der Waals surface area contributed by atoms with Crippen LogP contribution in [0.25, 0.3) is 0 Å². The maximum Gasteiger partial charge on any atom is 0.412 e. The molecule has 1 aliphatic carbocycles. The van der Waals surface area contributed by atoms with Crippen LogP contribution in [0.15, 0.2) is 53.4 Å². The second-order valence-corrected chi connectivity index (χ2v) is 21.6. The first-order chi connectivity index (χ1) is 27.0. The first kappa shape index (κ1) is 45.2. The molecule has 2 atom stereocenters. The number of amides is 1. The SMILES string of the molecule is COc1ccc(S(=O)(=O)N(CC(C)C)C[C@H]2OC(C)(C)N(C(=O)OC(C)(C)C)[C@H]2Cc2ccc(C#Cc3sc4c(c3C(=O)OCC(C)C)CC(C)(C)CC4)cc2)cc1. The lowest BCUT2D eigenvalue weighted by molar-refractivity contribution is -0.0807. The highest BCUT2D eigenvalue weighted by Crippen LogP contribution is 2.42. The van der Waals surface area contributed by atoms with Crippen LogP contribution in [0.3, 0.4) is 0 Å². The van der Waals surface area contributed by atoms with Crippen molar-refractivity contribution < 1.29 is 37.0 Å². The summed E-state index contributed by atoms with van der Waals surface area (Å²) in [5.41, 5.74) is 1.60. The predicted octanol–water partition coefficient (Wildman–Crippen LogP) is 9.11. The van der Waals surface area contributed by atoms with E-state index in [-0.39, 0.29) is 41.2 Å². The van der Waals surface area contributed by atoms with Crippen molar-refractivity contribution in [3.63, 3.8) is 0 Å². The monoisotopic (exact) mass is 834 g/mol. The molecule has 3 aromatic rings. The van der Waals surface area contributed by atoms with Crippen LogP contribution < -0.4 is 4.74 Å². The highest BCUT2D eigenvalue weighted by Gasteiger charge is 2.52. The zero-order chi connectivity index (χ0) is 42.8. The molecule has 2 aliphatic rings. The molecule has 0 radical (unpaired) electrons. The van der Waals surface area contributed by atoms with Crippen LogP contribution in [0.2, 0.25) is 0 Å². The number of methoxy groups -OCH3 is 1. The number of benzene rings is 2. The Balaban J connectivity index is 1.46. The maximum absolute atomic E-state index is 14.2. The molecule has 316 valence electrons. The normalized spacial score (nSPS) is 18.8. The van der Waals surface area contributed by atoms with Gasteiger partial charge in [-0.1, -0.05) is 59.6 Å². The fraction of sp³-hybridized carbons (Fsp3) is 0.565. The molecule has 0 saturated carbocycles. The van der Waals surface area contributed by atoms with Gasteiger partial charge in [-0.2, -0.15) is 4.31 Å². The number of rotatable bonds is 12. The van der Waals surface area contributed by atoms with Gasteiger partial charge in [0.25, 0.3) is 0 Å². The number of thiophene rings is 1. The quantitative estimate of drug-likeness (QED) is 0.131. The van der Waals surface area contributed by atoms with Gasteiger partial charge in [-0.15, -0.1) is 11.3 Å². The molecular weight excluding hydrogens is 773 g/mol. The van der Waals surface area contributed by atoms with Gasteiger partial charge in [-0.25, -0.2) is 18.0 Å². The van der Waals surface area contributed by atoms with Gasteiger partial charge in [-0.05, 0) is 131 Å². The van der Waals surface area contributed by atoms with E-state index in [0.717, 1.165) is 40.8 Å². The zero-order valence-electron chi connectivity index (χ0n) is 36.4. The van der Waals surface area contributed by atoms with Gasteiger partial charge < -0.3 is 18.9 Å². The van der Waals surface area contributed by atoms with Crippen molar-refractivity contribution in [1.82, 2.24) is 9.21 Å². The summed E-state index contributed by atoms with van der Waals surface area (Å²) in [6.07, 6.45) is 1.94. The Hall–Kier alpha value is -3.89. The summed E-state index contributed by atoms with van der Waals surface area (Å²) in [4.78, 5) is 31.1. The van der Waals surface area contributed by atoms with Crippen LogP contribution in [0, 0.1) is 29.1 Å². The van der Waals surface area contributed by atoms with Crippen molar-refractivity contribution in [2.24, 2.45) is 17.3 Å². The van der Waals surface area contributed by atoms with Crippen molar-refractivity contribution in [2.45, 2.75) is 130 Å². The molecule has 0 unspecified atom stereocenters. The molecule has 1 aromatic heterocycles. The molecule has 1 fully saturated rings. The highest BCUT2D eigenvalue weighted by molar-refractivity contribution is 7.89. The van der Waals surface area contributed by atoms with E-state index in [2.05, 4.69) is 25.7 Å². The molecular formula is C46H62N2O8S2. The minimum Gasteiger partial charge on any atom is -0.497 e. The third-order valence-electron chi connectivity index (χ3n) is 10.3. The third-order valence-corrected chi connectivity index (χ3v) is 13.3. The van der Waals surface area contributed by atoms with Crippen molar-refractivity contribution in [3.8, 4) is 17.6 Å². The number of ether oxygens (including phenoxy) is 4. The summed E-state index contributed by atoms with van der Waals surface area (Å²) in [6, 6.07) is 13.6. The van der Waals surface area contributed by atoms with Crippen LogP contribution >= 0.6 is 11.3 Å². The Labute approximate surface area is 350 Å². The van der Waals surface area contributed by atoms with Crippen LogP contribution in [-0.4, -0.2) is 80.0 Å². The van der Waals surface area contributed by atoms with Crippen molar-refractivity contribution in [2.75, 3.05) is 26.8 Å². The number of hydrogen-bond acceptors (Lipinski definition) is 9. The fourth-order valence-corrected chi connectivity index (χ4v) is 10.3. The van der Waals surface area contributed by atoms with Gasteiger partial charge >= 0.3 is 12.1 Å². The average molecular weight is 835 g/mol. The number of fused-ring (bicyclic) bond motifs is 1. The second kappa shape index (κ2) is 17.8. The van der Waals surface area contributed by atoms with Gasteiger partial charge in [0.1, 0.15) is 17.1 Å². The Morgan fingerprint density at radius 2 is 1.64 bits per heavy atom. The summed E-state index contributed by atoms with van der Waals surface area (Å²) < 4.78 is 53.3. The third kappa shape index (κ3) is 11.0. The molecule has 10 nitrogen and oxygen atoms in total. The van der Waals surface area contributed by atoms with E-state index in [9.17, 15) is 18.0 Å². The van der Waals surface area contributed by atoms with Crippen molar-refractivity contribution >= 4 is 33.4 Å². The van der Waals surface area contributed by atoms with Crippen LogP contribution in [-0.2, 0) is 43.5 Å². The van der Waals surface area contributed by atoms with Crippen LogP contribution in [0.4, 0.5) is 4.79 Å². The Morgan fingerprint density at radius 1 is 0.983 bits per heavy atom. The van der Waals surface area contributed by atoms with E-state index in [1.807, 2.05) is 86.6 Å². The second-order valence-electron chi connectivity index (χ2n) is 18.6. The number of nitrogens with zero attached hydrogens (tertiary/aromatic N) is 2. The molecule has 2 aromatic carbocycles. The van der Waals surface area contributed by atoms with Crippen LogP contribution in [0.5, 0.6) is 5.75 Å². The molecule has 0 bridgehead atoms. The van der Waals surface area contributed by atoms with Crippen molar-refractivity contribution in [1.29, 1.82) is 0 Å². The summed E-state index contributed by atoms with van der Waals surface area (Å²) in [6.45, 7) is 22.2. The lowest BCUT2D eigenvalue weighted by atomic mass is 9.76. The molecule has 1 saturated heterocycles. The number of aryl methyl sites for hydroxylation is 1. The molecule has 5 rings (SSSR count). The standard InChI is InChI=1S/C46H62N2O8S2/c1-30(2)27-47(58(51,52)35-20-18-34(53-12)19-21-35)28-38-37(48(46(10,11)55-38)43(50)56-44(5,6)7)25-33-15-13-32(14-16-33)17-22-40-41(42(49)54-29-31(3)4)36-26-45(8,9)24-23-39(36)57-40/h13-16,18-21,30-31,37-38H,23-29H2,1-12H3/t37-,38+/m0/s1. The number of carbonyl (C=O) groups excluding carboxylic acids is 2. The number of hydrogen-bond donors (Lipinski definition) is 0. The number of sulfonamides is 1. The number of carbonyl (C=O) groups is 2. The van der Waals surface area contributed by atoms with Gasteiger partial charge in [0, 0.05) is 23.5 Å². The predicted molar refractivity (Wildman–Crippen MR) is 229 cm³/mol. The van der Waals surface area contributed by atoms with Crippen molar-refractivity contribution in [3.05, 3.63) is 80.5 Å². The molecule has 12 heteroatoms. The Morgan fingerprint density at radius 3 is 2.22 bits per heavy atom. The maximum atomic E-state index is 14.2. The lowest BCUT2D eigenvalue weighted by Gasteiger charge is -2.35. The topological polar surface area (TPSA) is 112 Å². The Bertz CT molecular complexity index is 2100. The summed E-state index contributed by atoms with van der Waals surface area (Å²) >= 11 is 1.60. The van der Waals surface area contributed by atoms with E-state index in [1.165, 1.54) is 16.3 Å². The summed E-state index contributed by atoms with van der Waals surface area (Å²) in [5.74, 6) is 7.10. The lowest BCUT2D eigenvalue weighted by Crippen LogP contribution is -2.52. The van der Waals surface area contributed by atoms with Gasteiger partial charge in [0.15, 0.2) is 0 Å². The van der Waals surface area contributed by atoms with Gasteiger partial charge in [0.2, 0.25) is 10.0 Å². The largest absolute Gasteiger partial charge is 0.497 e. The van der Waals surface area contributed by atoms with E-state index < -0.39 is 39.6 Å². The minimum atomic E-state index is -3.95. The van der Waals surface area contributed by atoms with E-state index >= 15 is 0 Å². The highest BCUT2D eigenvalue weighted by atomic mass is 32.2. The zero-order valence-corrected chi connectivity index (χ0v) is 38.0. The smallest absolute Gasteiger partial charge is 0.412 e. The summed E-state index contributed by atoms with van der Waals surface area (Å²) in [7, 11) is -2.41. The van der Waals surface area contributed by atoms with E-state index in [0.29, 0.717) is 24.3 Å². The minimum absolute atomic E-state index is 0.0183. The molecule has 0 N–H and O–H groups in total.